The zero-order valence-electron chi connectivity index (χ0n) is 10.3. The number of rotatable bonds is 4. The van der Waals surface area contributed by atoms with E-state index in [9.17, 15) is 10.1 Å². The minimum atomic E-state index is -0.393. The van der Waals surface area contributed by atoms with E-state index in [1.165, 1.54) is 25.0 Å². The molecule has 2 N–H and O–H groups in total. The number of H-pyrrole nitrogens is 1. The van der Waals surface area contributed by atoms with Crippen LogP contribution >= 0.6 is 11.8 Å². The second kappa shape index (κ2) is 5.18. The fourth-order valence-electron chi connectivity index (χ4n) is 2.23. The number of benzene rings is 1. The molecule has 1 aromatic heterocycles. The number of nitro groups is 1. The maximum absolute atomic E-state index is 10.7. The summed E-state index contributed by atoms with van der Waals surface area (Å²) in [6.07, 6.45) is 2.44. The van der Waals surface area contributed by atoms with Crippen LogP contribution in [0.4, 0.5) is 5.69 Å². The molecule has 0 amide bonds. The van der Waals surface area contributed by atoms with Crippen molar-refractivity contribution < 1.29 is 4.92 Å². The van der Waals surface area contributed by atoms with Gasteiger partial charge < -0.3 is 10.3 Å². The van der Waals surface area contributed by atoms with Crippen LogP contribution in [0.3, 0.4) is 0 Å². The molecule has 1 atom stereocenters. The molecule has 7 heteroatoms. The molecule has 1 aliphatic heterocycles. The van der Waals surface area contributed by atoms with Gasteiger partial charge in [0.05, 0.1) is 16.0 Å². The second-order valence-electron chi connectivity index (χ2n) is 4.60. The molecular weight excluding hydrogens is 264 g/mol. The number of nitro benzene ring substituents is 1. The van der Waals surface area contributed by atoms with Crippen molar-refractivity contribution in [2.75, 3.05) is 12.3 Å². The first kappa shape index (κ1) is 12.4. The Bertz CT molecular complexity index is 607. The van der Waals surface area contributed by atoms with Crippen molar-refractivity contribution in [2.45, 2.75) is 24.0 Å². The fourth-order valence-corrected chi connectivity index (χ4v) is 3.22. The molecule has 0 aliphatic carbocycles. The third kappa shape index (κ3) is 2.71. The lowest BCUT2D eigenvalue weighted by Gasteiger charge is -2.06. The van der Waals surface area contributed by atoms with Crippen molar-refractivity contribution in [1.82, 2.24) is 15.3 Å². The van der Waals surface area contributed by atoms with Crippen molar-refractivity contribution in [3.63, 3.8) is 0 Å². The summed E-state index contributed by atoms with van der Waals surface area (Å²) in [6, 6.07) is 5.24. The van der Waals surface area contributed by atoms with Crippen LogP contribution in [-0.2, 0) is 0 Å². The van der Waals surface area contributed by atoms with Crippen molar-refractivity contribution in [2.24, 2.45) is 0 Å². The average molecular weight is 278 g/mol. The van der Waals surface area contributed by atoms with E-state index in [1.54, 1.807) is 17.8 Å². The van der Waals surface area contributed by atoms with Gasteiger partial charge in [-0.1, -0.05) is 11.8 Å². The van der Waals surface area contributed by atoms with E-state index in [-0.39, 0.29) is 5.69 Å². The maximum Gasteiger partial charge on any atom is 0.271 e. The van der Waals surface area contributed by atoms with Crippen molar-refractivity contribution in [3.8, 4) is 0 Å². The molecule has 1 aromatic carbocycles. The minimum Gasteiger partial charge on any atom is -0.333 e. The Kier molecular flexibility index (Phi) is 3.39. The summed E-state index contributed by atoms with van der Waals surface area (Å²) < 4.78 is 0. The predicted molar refractivity (Wildman–Crippen MR) is 74.5 cm³/mol. The molecule has 100 valence electrons. The molecule has 1 aliphatic rings. The highest BCUT2D eigenvalue weighted by Gasteiger charge is 2.15. The molecule has 0 radical (unpaired) electrons. The number of imidazole rings is 1. The summed E-state index contributed by atoms with van der Waals surface area (Å²) in [5, 5.41) is 15.0. The topological polar surface area (TPSA) is 83.8 Å². The number of aromatic nitrogens is 2. The molecule has 2 heterocycles. The van der Waals surface area contributed by atoms with Gasteiger partial charge in [0.15, 0.2) is 5.16 Å². The Labute approximate surface area is 114 Å². The van der Waals surface area contributed by atoms with Gasteiger partial charge in [0.1, 0.15) is 0 Å². The Morgan fingerprint density at radius 1 is 1.53 bits per heavy atom. The van der Waals surface area contributed by atoms with Crippen LogP contribution in [0, 0.1) is 10.1 Å². The quantitative estimate of drug-likeness (QED) is 0.509. The van der Waals surface area contributed by atoms with E-state index in [4.69, 9.17) is 0 Å². The molecule has 0 spiro atoms. The van der Waals surface area contributed by atoms with Gasteiger partial charge in [-0.15, -0.1) is 0 Å². The Balaban J connectivity index is 1.75. The van der Waals surface area contributed by atoms with Crippen molar-refractivity contribution in [3.05, 3.63) is 28.3 Å². The molecule has 3 rings (SSSR count). The van der Waals surface area contributed by atoms with Crippen LogP contribution in [0.25, 0.3) is 11.0 Å². The maximum atomic E-state index is 10.7. The number of fused-ring (bicyclic) bond motifs is 1. The van der Waals surface area contributed by atoms with Gasteiger partial charge in [0.25, 0.3) is 5.69 Å². The van der Waals surface area contributed by atoms with E-state index in [2.05, 4.69) is 15.3 Å². The van der Waals surface area contributed by atoms with Gasteiger partial charge in [-0.25, -0.2) is 4.98 Å². The number of non-ortho nitro benzene ring substituents is 1. The van der Waals surface area contributed by atoms with Crippen LogP contribution in [0.5, 0.6) is 0 Å². The van der Waals surface area contributed by atoms with Gasteiger partial charge >= 0.3 is 0 Å². The van der Waals surface area contributed by atoms with Crippen LogP contribution < -0.4 is 5.32 Å². The molecule has 19 heavy (non-hydrogen) atoms. The molecule has 1 fully saturated rings. The third-order valence-electron chi connectivity index (χ3n) is 3.24. The van der Waals surface area contributed by atoms with E-state index in [0.29, 0.717) is 6.04 Å². The lowest BCUT2D eigenvalue weighted by molar-refractivity contribution is -0.384. The van der Waals surface area contributed by atoms with Gasteiger partial charge in [-0.3, -0.25) is 10.1 Å². The molecule has 6 nitrogen and oxygen atoms in total. The van der Waals surface area contributed by atoms with Gasteiger partial charge in [-0.05, 0) is 25.5 Å². The van der Waals surface area contributed by atoms with E-state index in [1.807, 2.05) is 0 Å². The number of hydrogen-bond donors (Lipinski definition) is 2. The Morgan fingerprint density at radius 2 is 2.42 bits per heavy atom. The highest BCUT2D eigenvalue weighted by atomic mass is 32.2. The number of nitrogens with zero attached hydrogens (tertiary/aromatic N) is 2. The SMILES string of the molecule is O=[N+]([O-])c1ccc2nc(SCC3CCCN3)[nH]c2c1. The molecule has 1 unspecified atom stereocenters. The smallest absolute Gasteiger partial charge is 0.271 e. The highest BCUT2D eigenvalue weighted by Crippen LogP contribution is 2.24. The number of hydrogen-bond acceptors (Lipinski definition) is 5. The molecule has 0 bridgehead atoms. The monoisotopic (exact) mass is 278 g/mol. The van der Waals surface area contributed by atoms with E-state index >= 15 is 0 Å². The summed E-state index contributed by atoms with van der Waals surface area (Å²) >= 11 is 1.66. The summed E-state index contributed by atoms with van der Waals surface area (Å²) in [5.74, 6) is 0.974. The molecule has 0 saturated carbocycles. The van der Waals surface area contributed by atoms with E-state index < -0.39 is 4.92 Å². The van der Waals surface area contributed by atoms with Crippen LogP contribution in [0.2, 0.25) is 0 Å². The number of aromatic amines is 1. The third-order valence-corrected chi connectivity index (χ3v) is 4.27. The first-order valence-corrected chi connectivity index (χ1v) is 7.21. The first-order chi connectivity index (χ1) is 9.22. The number of thioether (sulfide) groups is 1. The van der Waals surface area contributed by atoms with Gasteiger partial charge in [0, 0.05) is 23.9 Å². The summed E-state index contributed by atoms with van der Waals surface area (Å²) in [7, 11) is 0. The Morgan fingerprint density at radius 3 is 3.16 bits per heavy atom. The lowest BCUT2D eigenvalue weighted by Crippen LogP contribution is -2.23. The predicted octanol–water partition coefficient (Wildman–Crippen LogP) is 2.32. The van der Waals surface area contributed by atoms with Crippen LogP contribution in [0.1, 0.15) is 12.8 Å². The highest BCUT2D eigenvalue weighted by molar-refractivity contribution is 7.99. The lowest BCUT2D eigenvalue weighted by atomic mass is 10.3. The molecular formula is C12H14N4O2S. The summed E-state index contributed by atoms with van der Waals surface area (Å²) in [5.41, 5.74) is 1.58. The molecule has 2 aromatic rings. The fraction of sp³-hybridized carbons (Fsp3) is 0.417. The average Bonchev–Trinajstić information content (AvgIpc) is 3.04. The Hall–Kier alpha value is -1.60. The zero-order valence-corrected chi connectivity index (χ0v) is 11.1. The van der Waals surface area contributed by atoms with Gasteiger partial charge in [-0.2, -0.15) is 0 Å². The zero-order chi connectivity index (χ0) is 13.2. The summed E-state index contributed by atoms with van der Waals surface area (Å²) in [4.78, 5) is 17.9. The van der Waals surface area contributed by atoms with Crippen LogP contribution in [0.15, 0.2) is 23.4 Å². The van der Waals surface area contributed by atoms with Crippen molar-refractivity contribution in [1.29, 1.82) is 0 Å². The largest absolute Gasteiger partial charge is 0.333 e. The van der Waals surface area contributed by atoms with Crippen molar-refractivity contribution >= 4 is 28.5 Å². The number of nitrogens with one attached hydrogen (secondary N) is 2. The summed E-state index contributed by atoms with van der Waals surface area (Å²) in [6.45, 7) is 1.09. The normalized spacial score (nSPS) is 19.1. The standard InChI is InChI=1S/C12H14N4O2S/c17-16(18)9-3-4-10-11(6-9)15-12(14-10)19-7-8-2-1-5-13-8/h3-4,6,8,13H,1-2,5,7H2,(H,14,15). The minimum absolute atomic E-state index is 0.0881. The second-order valence-corrected chi connectivity index (χ2v) is 5.61. The van der Waals surface area contributed by atoms with Crippen LogP contribution in [-0.4, -0.2) is 33.2 Å². The van der Waals surface area contributed by atoms with Gasteiger partial charge in [0.2, 0.25) is 0 Å². The molecule has 1 saturated heterocycles. The first-order valence-electron chi connectivity index (χ1n) is 6.23. The van der Waals surface area contributed by atoms with E-state index in [0.717, 1.165) is 28.5 Å².